The predicted octanol–water partition coefficient (Wildman–Crippen LogP) is 3.83. The van der Waals surface area contributed by atoms with Gasteiger partial charge in [0.15, 0.2) is 0 Å². The number of halogens is 1. The summed E-state index contributed by atoms with van der Waals surface area (Å²) in [4.78, 5) is 55.2. The number of methoxy groups -OCH3 is 1. The Morgan fingerprint density at radius 3 is 2.49 bits per heavy atom. The standard InChI is InChI=1S/C26H25ClN4O5S/c1-14-9-10-19(18(27)11-14)28-20(32)13-30-25-21(15(2)22(37-25)24(34)29(3)4)23(33)31(26(30)35)16-7-6-8-17(12-16)36-5/h6-12H,13H2,1-5H3,(H,28,32). The summed E-state index contributed by atoms with van der Waals surface area (Å²) in [5.41, 5.74) is 0.736. The van der Waals surface area contributed by atoms with Crippen LogP contribution in [0.25, 0.3) is 15.9 Å². The molecule has 4 aromatic rings. The van der Waals surface area contributed by atoms with Crippen LogP contribution in [0.3, 0.4) is 0 Å². The van der Waals surface area contributed by atoms with E-state index in [1.807, 2.05) is 6.92 Å². The number of carbonyl (C=O) groups is 2. The number of anilines is 1. The third kappa shape index (κ3) is 4.90. The number of carbonyl (C=O) groups excluding carboxylic acids is 2. The van der Waals surface area contributed by atoms with Crippen LogP contribution in [-0.2, 0) is 11.3 Å². The molecule has 192 valence electrons. The van der Waals surface area contributed by atoms with Crippen molar-refractivity contribution in [3.05, 3.63) is 84.3 Å². The molecule has 0 aliphatic rings. The highest BCUT2D eigenvalue weighted by Crippen LogP contribution is 2.29. The minimum atomic E-state index is -0.721. The molecule has 9 nitrogen and oxygen atoms in total. The van der Waals surface area contributed by atoms with Crippen LogP contribution in [0.4, 0.5) is 5.69 Å². The van der Waals surface area contributed by atoms with Crippen LogP contribution in [0, 0.1) is 13.8 Å². The van der Waals surface area contributed by atoms with Gasteiger partial charge < -0.3 is 15.0 Å². The fourth-order valence-corrected chi connectivity index (χ4v) is 5.52. The van der Waals surface area contributed by atoms with E-state index in [1.54, 1.807) is 63.5 Å². The number of nitrogens with zero attached hydrogens (tertiary/aromatic N) is 3. The maximum atomic E-state index is 13.7. The molecule has 2 aromatic carbocycles. The minimum Gasteiger partial charge on any atom is -0.497 e. The Labute approximate surface area is 221 Å². The maximum Gasteiger partial charge on any atom is 0.337 e. The number of hydrogen-bond acceptors (Lipinski definition) is 6. The Morgan fingerprint density at radius 1 is 1.11 bits per heavy atom. The van der Waals surface area contributed by atoms with Gasteiger partial charge >= 0.3 is 5.69 Å². The Bertz CT molecular complexity index is 1670. The van der Waals surface area contributed by atoms with Gasteiger partial charge in [-0.25, -0.2) is 9.36 Å². The molecule has 0 atom stereocenters. The van der Waals surface area contributed by atoms with Crippen LogP contribution in [0.5, 0.6) is 5.75 Å². The molecule has 0 aliphatic heterocycles. The molecule has 1 N–H and O–H groups in total. The summed E-state index contributed by atoms with van der Waals surface area (Å²) < 4.78 is 7.45. The van der Waals surface area contributed by atoms with Gasteiger partial charge in [-0.1, -0.05) is 23.7 Å². The molecule has 0 bridgehead atoms. The van der Waals surface area contributed by atoms with Gasteiger partial charge in [0, 0.05) is 20.2 Å². The molecule has 0 saturated heterocycles. The van der Waals surface area contributed by atoms with Crippen molar-refractivity contribution in [2.45, 2.75) is 20.4 Å². The molecule has 0 unspecified atom stereocenters. The van der Waals surface area contributed by atoms with Crippen molar-refractivity contribution in [3.63, 3.8) is 0 Å². The van der Waals surface area contributed by atoms with Gasteiger partial charge in [-0.15, -0.1) is 11.3 Å². The topological polar surface area (TPSA) is 103 Å². The van der Waals surface area contributed by atoms with Crippen LogP contribution in [0.15, 0.2) is 52.1 Å². The fourth-order valence-electron chi connectivity index (χ4n) is 3.93. The second-order valence-electron chi connectivity index (χ2n) is 8.68. The van der Waals surface area contributed by atoms with E-state index >= 15 is 0 Å². The smallest absolute Gasteiger partial charge is 0.337 e. The van der Waals surface area contributed by atoms with E-state index in [1.165, 1.54) is 16.6 Å². The zero-order chi connectivity index (χ0) is 27.0. The molecule has 0 radical (unpaired) electrons. The highest BCUT2D eigenvalue weighted by molar-refractivity contribution is 7.20. The van der Waals surface area contributed by atoms with Gasteiger partial charge in [0.2, 0.25) is 5.91 Å². The van der Waals surface area contributed by atoms with Crippen LogP contribution >= 0.6 is 22.9 Å². The molecule has 0 fully saturated rings. The Kier molecular flexibility index (Phi) is 7.24. The number of nitrogens with one attached hydrogen (secondary N) is 1. The highest BCUT2D eigenvalue weighted by atomic mass is 35.5. The molecular formula is C26H25ClN4O5S. The zero-order valence-corrected chi connectivity index (χ0v) is 22.5. The van der Waals surface area contributed by atoms with Crippen molar-refractivity contribution in [2.24, 2.45) is 0 Å². The Balaban J connectivity index is 1.93. The average Bonchev–Trinajstić information content (AvgIpc) is 3.20. The predicted molar refractivity (Wildman–Crippen MR) is 146 cm³/mol. The summed E-state index contributed by atoms with van der Waals surface area (Å²) in [5, 5.41) is 3.28. The number of fused-ring (bicyclic) bond motifs is 1. The number of aromatic nitrogens is 2. The second-order valence-corrected chi connectivity index (χ2v) is 10.1. The van der Waals surface area contributed by atoms with Gasteiger partial charge in [-0.3, -0.25) is 19.0 Å². The largest absolute Gasteiger partial charge is 0.497 e. The maximum absolute atomic E-state index is 13.7. The third-order valence-corrected chi connectivity index (χ3v) is 7.44. The van der Waals surface area contributed by atoms with E-state index in [0.29, 0.717) is 26.9 Å². The first-order valence-electron chi connectivity index (χ1n) is 11.2. The lowest BCUT2D eigenvalue weighted by Crippen LogP contribution is -2.40. The first kappa shape index (κ1) is 26.2. The van der Waals surface area contributed by atoms with Crippen molar-refractivity contribution in [2.75, 3.05) is 26.5 Å². The lowest BCUT2D eigenvalue weighted by Gasteiger charge is -2.13. The van der Waals surface area contributed by atoms with Crippen LogP contribution in [0.1, 0.15) is 20.8 Å². The van der Waals surface area contributed by atoms with Gasteiger partial charge in [-0.2, -0.15) is 0 Å². The van der Waals surface area contributed by atoms with E-state index in [-0.39, 0.29) is 21.8 Å². The molecule has 4 rings (SSSR count). The highest BCUT2D eigenvalue weighted by Gasteiger charge is 2.25. The molecule has 2 heterocycles. The van der Waals surface area contributed by atoms with Gasteiger partial charge in [0.1, 0.15) is 17.1 Å². The van der Waals surface area contributed by atoms with E-state index in [4.69, 9.17) is 16.3 Å². The molecule has 2 amide bonds. The summed E-state index contributed by atoms with van der Waals surface area (Å²) in [7, 11) is 4.69. The molecule has 0 spiro atoms. The number of benzene rings is 2. The van der Waals surface area contributed by atoms with Crippen LogP contribution in [-0.4, -0.2) is 47.1 Å². The lowest BCUT2D eigenvalue weighted by molar-refractivity contribution is -0.116. The number of amides is 2. The fraction of sp³-hybridized carbons (Fsp3) is 0.231. The van der Waals surface area contributed by atoms with Gasteiger partial charge in [-0.05, 0) is 49.2 Å². The van der Waals surface area contributed by atoms with Crippen molar-refractivity contribution in [1.82, 2.24) is 14.0 Å². The average molecular weight is 541 g/mol. The van der Waals surface area contributed by atoms with E-state index in [2.05, 4.69) is 5.32 Å². The number of rotatable bonds is 6. The summed E-state index contributed by atoms with van der Waals surface area (Å²) >= 11 is 7.27. The number of aryl methyl sites for hydroxylation is 2. The summed E-state index contributed by atoms with van der Waals surface area (Å²) in [6.07, 6.45) is 0. The molecule has 0 saturated carbocycles. The van der Waals surface area contributed by atoms with Crippen LogP contribution in [0.2, 0.25) is 5.02 Å². The first-order chi connectivity index (χ1) is 17.5. The normalized spacial score (nSPS) is 11.0. The first-order valence-corrected chi connectivity index (χ1v) is 12.4. The lowest BCUT2D eigenvalue weighted by atomic mass is 10.2. The van der Waals surface area contributed by atoms with Crippen LogP contribution < -0.4 is 21.3 Å². The summed E-state index contributed by atoms with van der Waals surface area (Å²) in [6, 6.07) is 11.7. The third-order valence-electron chi connectivity index (χ3n) is 5.82. The summed E-state index contributed by atoms with van der Waals surface area (Å²) in [5.74, 6) is -0.370. The molecule has 11 heteroatoms. The molecule has 37 heavy (non-hydrogen) atoms. The zero-order valence-electron chi connectivity index (χ0n) is 20.9. The SMILES string of the molecule is COc1cccc(-n2c(=O)c3c(C)c(C(=O)N(C)C)sc3n(CC(=O)Nc3ccc(C)cc3Cl)c2=O)c1. The Hall–Kier alpha value is -3.89. The minimum absolute atomic E-state index is 0.193. The number of thiophene rings is 1. The van der Waals surface area contributed by atoms with E-state index in [9.17, 15) is 19.2 Å². The number of ether oxygens (including phenoxy) is 1. The monoisotopic (exact) mass is 540 g/mol. The van der Waals surface area contributed by atoms with E-state index < -0.39 is 23.7 Å². The molecule has 2 aromatic heterocycles. The van der Waals surface area contributed by atoms with Crippen molar-refractivity contribution in [1.29, 1.82) is 0 Å². The Morgan fingerprint density at radius 2 is 1.84 bits per heavy atom. The van der Waals surface area contributed by atoms with Crippen molar-refractivity contribution < 1.29 is 14.3 Å². The van der Waals surface area contributed by atoms with E-state index in [0.717, 1.165) is 21.5 Å². The van der Waals surface area contributed by atoms with Crippen molar-refractivity contribution >= 4 is 50.7 Å². The molecular weight excluding hydrogens is 516 g/mol. The summed E-state index contributed by atoms with van der Waals surface area (Å²) in [6.45, 7) is 3.13. The second kappa shape index (κ2) is 10.2. The quantitative estimate of drug-likeness (QED) is 0.400. The number of hydrogen-bond donors (Lipinski definition) is 1. The molecule has 0 aliphatic carbocycles. The van der Waals surface area contributed by atoms with Gasteiger partial charge in [0.25, 0.3) is 11.5 Å². The van der Waals surface area contributed by atoms with Crippen molar-refractivity contribution in [3.8, 4) is 11.4 Å². The van der Waals surface area contributed by atoms with Gasteiger partial charge in [0.05, 0.1) is 33.8 Å².